The Morgan fingerprint density at radius 1 is 1.60 bits per heavy atom. The molecule has 0 saturated carbocycles. The first-order valence-electron chi connectivity index (χ1n) is 4.05. The van der Waals surface area contributed by atoms with Gasteiger partial charge in [0, 0.05) is 11.0 Å². The predicted molar refractivity (Wildman–Crippen MR) is 59.0 cm³/mol. The summed E-state index contributed by atoms with van der Waals surface area (Å²) < 4.78 is 25.8. The summed E-state index contributed by atoms with van der Waals surface area (Å²) in [5.74, 6) is 0. The minimum Gasteiger partial charge on any atom is -0.750 e. The summed E-state index contributed by atoms with van der Waals surface area (Å²) in [4.78, 5) is 0. The van der Waals surface area contributed by atoms with Crippen molar-refractivity contribution >= 4 is 27.3 Å². The summed E-state index contributed by atoms with van der Waals surface area (Å²) in [5, 5.41) is 0. The maximum Gasteiger partial charge on any atom is 0.147 e. The standard InChI is InChI=1S/C8H11BrN2O3S/c9-7-2-1-5(3-6(7)4-10)8(11)14-15(12)13/h1-3,8H,4,10-11H2,(H,12,13)/p-1. The van der Waals surface area contributed by atoms with Crippen molar-refractivity contribution in [2.45, 2.75) is 12.8 Å². The number of rotatable bonds is 4. The van der Waals surface area contributed by atoms with Crippen molar-refractivity contribution in [2.75, 3.05) is 0 Å². The topological polar surface area (TPSA) is 101 Å². The predicted octanol–water partition coefficient (Wildman–Crippen LogP) is 0.676. The Labute approximate surface area is 98.4 Å². The van der Waals surface area contributed by atoms with Gasteiger partial charge < -0.3 is 16.0 Å². The van der Waals surface area contributed by atoms with Crippen molar-refractivity contribution < 1.29 is 12.9 Å². The van der Waals surface area contributed by atoms with Gasteiger partial charge >= 0.3 is 0 Å². The van der Waals surface area contributed by atoms with Gasteiger partial charge in [0.15, 0.2) is 0 Å². The summed E-state index contributed by atoms with van der Waals surface area (Å²) in [6, 6.07) is 5.11. The van der Waals surface area contributed by atoms with Gasteiger partial charge in [0.25, 0.3) is 0 Å². The third-order valence-corrected chi connectivity index (χ3v) is 2.94. The molecule has 0 radical (unpaired) electrons. The van der Waals surface area contributed by atoms with Gasteiger partial charge in [-0.15, -0.1) is 0 Å². The summed E-state index contributed by atoms with van der Waals surface area (Å²) in [6.45, 7) is 0.335. The first-order valence-corrected chi connectivity index (χ1v) is 5.84. The Kier molecular flexibility index (Phi) is 4.84. The van der Waals surface area contributed by atoms with Crippen LogP contribution >= 0.6 is 15.9 Å². The zero-order chi connectivity index (χ0) is 11.4. The second kappa shape index (κ2) is 5.69. The molecular weight excluding hydrogens is 284 g/mol. The molecule has 0 fully saturated rings. The molecule has 0 heterocycles. The normalized spacial score (nSPS) is 14.9. The van der Waals surface area contributed by atoms with Gasteiger partial charge in [-0.05, 0) is 23.3 Å². The van der Waals surface area contributed by atoms with E-state index in [4.69, 9.17) is 11.5 Å². The summed E-state index contributed by atoms with van der Waals surface area (Å²) in [6.07, 6.45) is -0.998. The molecule has 1 aromatic rings. The van der Waals surface area contributed by atoms with Crippen molar-refractivity contribution in [1.82, 2.24) is 0 Å². The smallest absolute Gasteiger partial charge is 0.147 e. The van der Waals surface area contributed by atoms with Gasteiger partial charge in [-0.2, -0.15) is 0 Å². The molecule has 84 valence electrons. The Balaban J connectivity index is 2.90. The van der Waals surface area contributed by atoms with E-state index in [-0.39, 0.29) is 0 Å². The molecule has 1 aromatic carbocycles. The van der Waals surface area contributed by atoms with E-state index in [9.17, 15) is 8.76 Å². The highest BCUT2D eigenvalue weighted by Crippen LogP contribution is 2.21. The molecule has 5 nitrogen and oxygen atoms in total. The fraction of sp³-hybridized carbons (Fsp3) is 0.250. The largest absolute Gasteiger partial charge is 0.750 e. The minimum atomic E-state index is -2.63. The van der Waals surface area contributed by atoms with Crippen LogP contribution in [-0.4, -0.2) is 8.76 Å². The number of hydrogen-bond donors (Lipinski definition) is 2. The van der Waals surface area contributed by atoms with Crippen molar-refractivity contribution in [2.24, 2.45) is 11.5 Å². The van der Waals surface area contributed by atoms with E-state index in [0.717, 1.165) is 10.0 Å². The van der Waals surface area contributed by atoms with Crippen LogP contribution in [-0.2, 0) is 22.1 Å². The highest BCUT2D eigenvalue weighted by atomic mass is 79.9. The van der Waals surface area contributed by atoms with Gasteiger partial charge in [0.05, 0.1) is 11.4 Å². The van der Waals surface area contributed by atoms with Gasteiger partial charge in [0.2, 0.25) is 0 Å². The van der Waals surface area contributed by atoms with E-state index in [1.165, 1.54) is 0 Å². The molecule has 0 aromatic heterocycles. The molecule has 0 aliphatic heterocycles. The highest BCUT2D eigenvalue weighted by molar-refractivity contribution is 9.10. The van der Waals surface area contributed by atoms with Crippen molar-refractivity contribution in [3.8, 4) is 0 Å². The van der Waals surface area contributed by atoms with Crippen LogP contribution in [0.4, 0.5) is 0 Å². The lowest BCUT2D eigenvalue weighted by molar-refractivity contribution is 0.212. The average molecular weight is 294 g/mol. The van der Waals surface area contributed by atoms with E-state index in [1.54, 1.807) is 18.2 Å². The van der Waals surface area contributed by atoms with Crippen LogP contribution < -0.4 is 11.5 Å². The van der Waals surface area contributed by atoms with Crippen molar-refractivity contribution in [1.29, 1.82) is 0 Å². The molecule has 15 heavy (non-hydrogen) atoms. The molecule has 1 rings (SSSR count). The van der Waals surface area contributed by atoms with E-state index in [2.05, 4.69) is 20.1 Å². The molecule has 0 saturated heterocycles. The molecule has 2 atom stereocenters. The lowest BCUT2D eigenvalue weighted by Gasteiger charge is -2.15. The van der Waals surface area contributed by atoms with Crippen LogP contribution in [0.5, 0.6) is 0 Å². The zero-order valence-corrected chi connectivity index (χ0v) is 10.1. The van der Waals surface area contributed by atoms with Crippen LogP contribution in [0.3, 0.4) is 0 Å². The van der Waals surface area contributed by atoms with Crippen molar-refractivity contribution in [3.05, 3.63) is 33.8 Å². The Hall–Kier alpha value is -0.310. The number of halogens is 1. The molecular formula is C8H10BrN2O3S-. The summed E-state index contributed by atoms with van der Waals surface area (Å²) in [5.41, 5.74) is 12.4. The van der Waals surface area contributed by atoms with Gasteiger partial charge in [-0.3, -0.25) is 4.18 Å². The maximum atomic E-state index is 10.3. The van der Waals surface area contributed by atoms with Gasteiger partial charge in [0.1, 0.15) is 6.23 Å². The quantitative estimate of drug-likeness (QED) is 0.628. The second-order valence-electron chi connectivity index (χ2n) is 2.78. The maximum absolute atomic E-state index is 10.3. The van der Waals surface area contributed by atoms with Crippen molar-refractivity contribution in [3.63, 3.8) is 0 Å². The SMILES string of the molecule is NCc1cc(C(N)OS(=O)[O-])ccc1Br. The molecule has 4 N–H and O–H groups in total. The molecule has 0 aliphatic carbocycles. The van der Waals surface area contributed by atoms with Gasteiger partial charge in [-0.1, -0.05) is 22.0 Å². The fourth-order valence-electron chi connectivity index (χ4n) is 1.07. The second-order valence-corrected chi connectivity index (χ2v) is 4.23. The first kappa shape index (κ1) is 12.8. The van der Waals surface area contributed by atoms with Crippen LogP contribution in [0.2, 0.25) is 0 Å². The average Bonchev–Trinajstić information content (AvgIpc) is 2.17. The summed E-state index contributed by atoms with van der Waals surface area (Å²) >= 11 is 0.679. The zero-order valence-electron chi connectivity index (χ0n) is 7.68. The van der Waals surface area contributed by atoms with Crippen LogP contribution in [0.1, 0.15) is 17.4 Å². The van der Waals surface area contributed by atoms with Crippen LogP contribution in [0.25, 0.3) is 0 Å². The van der Waals surface area contributed by atoms with E-state index < -0.39 is 17.6 Å². The first-order chi connectivity index (χ1) is 7.04. The monoisotopic (exact) mass is 293 g/mol. The van der Waals surface area contributed by atoms with Crippen LogP contribution in [0.15, 0.2) is 22.7 Å². The Bertz CT molecular complexity index is 375. The number of nitrogens with two attached hydrogens (primary N) is 2. The third kappa shape index (κ3) is 3.63. The number of benzene rings is 1. The molecule has 0 amide bonds. The van der Waals surface area contributed by atoms with Crippen LogP contribution in [0, 0.1) is 0 Å². The molecule has 7 heteroatoms. The Morgan fingerprint density at radius 3 is 2.80 bits per heavy atom. The minimum absolute atomic E-state index is 0.335. The Morgan fingerprint density at radius 2 is 2.27 bits per heavy atom. The molecule has 0 bridgehead atoms. The summed E-state index contributed by atoms with van der Waals surface area (Å²) in [7, 11) is 0. The van der Waals surface area contributed by atoms with Gasteiger partial charge in [-0.25, -0.2) is 4.21 Å². The van der Waals surface area contributed by atoms with E-state index in [0.29, 0.717) is 12.1 Å². The third-order valence-electron chi connectivity index (χ3n) is 1.80. The fourth-order valence-corrected chi connectivity index (χ4v) is 1.76. The number of hydrogen-bond acceptors (Lipinski definition) is 5. The lowest BCUT2D eigenvalue weighted by Crippen LogP contribution is -2.16. The molecule has 2 unspecified atom stereocenters. The molecule has 0 aliphatic rings. The lowest BCUT2D eigenvalue weighted by atomic mass is 10.1. The highest BCUT2D eigenvalue weighted by Gasteiger charge is 2.08. The van der Waals surface area contributed by atoms with E-state index in [1.807, 2.05) is 0 Å². The van der Waals surface area contributed by atoms with E-state index >= 15 is 0 Å². The molecule has 0 spiro atoms.